The summed E-state index contributed by atoms with van der Waals surface area (Å²) >= 11 is 3.73. The molecule has 0 N–H and O–H groups in total. The van der Waals surface area contributed by atoms with Gasteiger partial charge in [0.05, 0.1) is 0 Å². The molecule has 0 aromatic heterocycles. The van der Waals surface area contributed by atoms with Gasteiger partial charge < -0.3 is 9.47 Å². The molecule has 0 fully saturated rings. The molecule has 2 aromatic rings. The molecule has 0 aliphatic carbocycles. The molecule has 18 heavy (non-hydrogen) atoms. The van der Waals surface area contributed by atoms with E-state index in [2.05, 4.69) is 52.3 Å². The molecule has 1 aliphatic heterocycles. The molecule has 3 heteroatoms. The Morgan fingerprint density at radius 2 is 1.78 bits per heavy atom. The minimum absolute atomic E-state index is 0.319. The van der Waals surface area contributed by atoms with Crippen molar-refractivity contribution in [3.8, 4) is 11.5 Å². The Hall–Kier alpha value is -1.48. The minimum atomic E-state index is 0.319. The van der Waals surface area contributed by atoms with E-state index in [9.17, 15) is 0 Å². The van der Waals surface area contributed by atoms with Crippen LogP contribution in [0.2, 0.25) is 0 Å². The third-order valence-electron chi connectivity index (χ3n) is 3.01. The molecule has 0 bridgehead atoms. The maximum atomic E-state index is 5.39. The lowest BCUT2D eigenvalue weighted by Gasteiger charge is -2.10. The Labute approximate surface area is 115 Å². The first-order valence-electron chi connectivity index (χ1n) is 5.90. The summed E-state index contributed by atoms with van der Waals surface area (Å²) in [5.41, 5.74) is 2.53. The summed E-state index contributed by atoms with van der Waals surface area (Å²) < 4.78 is 10.7. The molecule has 2 aromatic carbocycles. The summed E-state index contributed by atoms with van der Waals surface area (Å²) in [6, 6.07) is 16.5. The van der Waals surface area contributed by atoms with E-state index in [4.69, 9.17) is 9.47 Å². The summed E-state index contributed by atoms with van der Waals surface area (Å²) in [5, 5.41) is 0. The van der Waals surface area contributed by atoms with Crippen molar-refractivity contribution in [2.45, 2.75) is 11.2 Å². The van der Waals surface area contributed by atoms with Gasteiger partial charge in [0.2, 0.25) is 6.79 Å². The molecular weight excluding hydrogens is 292 g/mol. The number of rotatable bonds is 3. The zero-order valence-electron chi connectivity index (χ0n) is 9.80. The fraction of sp³-hybridized carbons (Fsp3) is 0.200. The first-order chi connectivity index (χ1) is 8.83. The highest BCUT2D eigenvalue weighted by atomic mass is 79.9. The summed E-state index contributed by atoms with van der Waals surface area (Å²) in [4.78, 5) is 0.319. The van der Waals surface area contributed by atoms with Gasteiger partial charge in [0.25, 0.3) is 0 Å². The highest BCUT2D eigenvalue weighted by molar-refractivity contribution is 9.09. The van der Waals surface area contributed by atoms with Crippen LogP contribution < -0.4 is 9.47 Å². The zero-order chi connectivity index (χ0) is 12.4. The van der Waals surface area contributed by atoms with Crippen molar-refractivity contribution in [2.75, 3.05) is 6.79 Å². The number of ether oxygens (including phenoxy) is 2. The largest absolute Gasteiger partial charge is 0.454 e. The summed E-state index contributed by atoms with van der Waals surface area (Å²) in [6.45, 7) is 0.329. The van der Waals surface area contributed by atoms with Crippen LogP contribution in [-0.2, 0) is 6.42 Å². The number of hydrogen-bond acceptors (Lipinski definition) is 2. The van der Waals surface area contributed by atoms with E-state index in [-0.39, 0.29) is 0 Å². The first-order valence-corrected chi connectivity index (χ1v) is 6.82. The second-order valence-electron chi connectivity index (χ2n) is 4.27. The van der Waals surface area contributed by atoms with Crippen molar-refractivity contribution in [2.24, 2.45) is 0 Å². The molecule has 0 saturated carbocycles. The summed E-state index contributed by atoms with van der Waals surface area (Å²) in [6.07, 6.45) is 0.931. The van der Waals surface area contributed by atoms with Crippen molar-refractivity contribution >= 4 is 15.9 Å². The molecule has 2 nitrogen and oxygen atoms in total. The van der Waals surface area contributed by atoms with Crippen LogP contribution in [0.4, 0.5) is 0 Å². The third-order valence-corrected chi connectivity index (χ3v) is 3.87. The Morgan fingerprint density at radius 3 is 2.61 bits per heavy atom. The Morgan fingerprint density at radius 1 is 1.00 bits per heavy atom. The molecular formula is C15H13BrO2. The van der Waals surface area contributed by atoms with Gasteiger partial charge in [0, 0.05) is 4.83 Å². The third kappa shape index (κ3) is 2.36. The van der Waals surface area contributed by atoms with Gasteiger partial charge in [-0.15, -0.1) is 0 Å². The molecule has 0 saturated heterocycles. The summed E-state index contributed by atoms with van der Waals surface area (Å²) in [5.74, 6) is 1.69. The number of fused-ring (bicyclic) bond motifs is 1. The van der Waals surface area contributed by atoms with Gasteiger partial charge in [-0.1, -0.05) is 52.3 Å². The molecule has 1 unspecified atom stereocenters. The smallest absolute Gasteiger partial charge is 0.231 e. The van der Waals surface area contributed by atoms with Crippen LogP contribution in [0.1, 0.15) is 16.0 Å². The maximum Gasteiger partial charge on any atom is 0.231 e. The van der Waals surface area contributed by atoms with Crippen molar-refractivity contribution < 1.29 is 9.47 Å². The van der Waals surface area contributed by atoms with E-state index in [0.717, 1.165) is 17.9 Å². The van der Waals surface area contributed by atoms with E-state index in [0.29, 0.717) is 11.6 Å². The topological polar surface area (TPSA) is 18.5 Å². The molecule has 0 radical (unpaired) electrons. The number of hydrogen-bond donors (Lipinski definition) is 0. The lowest BCUT2D eigenvalue weighted by atomic mass is 10.0. The van der Waals surface area contributed by atoms with Gasteiger partial charge in [0.1, 0.15) is 0 Å². The van der Waals surface area contributed by atoms with Crippen LogP contribution in [0.15, 0.2) is 48.5 Å². The Balaban J connectivity index is 1.77. The van der Waals surface area contributed by atoms with Crippen LogP contribution in [-0.4, -0.2) is 6.79 Å². The average Bonchev–Trinajstić information content (AvgIpc) is 2.87. The molecule has 0 spiro atoms. The highest BCUT2D eigenvalue weighted by Gasteiger charge is 2.15. The predicted molar refractivity (Wildman–Crippen MR) is 74.4 cm³/mol. The van der Waals surface area contributed by atoms with Gasteiger partial charge in [-0.25, -0.2) is 0 Å². The molecule has 3 rings (SSSR count). The average molecular weight is 305 g/mol. The lowest BCUT2D eigenvalue weighted by molar-refractivity contribution is 0.174. The van der Waals surface area contributed by atoms with Gasteiger partial charge in [-0.2, -0.15) is 0 Å². The van der Waals surface area contributed by atoms with Crippen LogP contribution >= 0.6 is 15.9 Å². The SMILES string of the molecule is BrC(Cc1ccc2c(c1)OCO2)c1ccccc1. The van der Waals surface area contributed by atoms with Crippen molar-refractivity contribution in [1.29, 1.82) is 0 Å². The van der Waals surface area contributed by atoms with E-state index in [1.807, 2.05) is 12.1 Å². The van der Waals surface area contributed by atoms with E-state index in [1.165, 1.54) is 11.1 Å². The molecule has 1 aliphatic rings. The zero-order valence-corrected chi connectivity index (χ0v) is 11.4. The monoisotopic (exact) mass is 304 g/mol. The lowest BCUT2D eigenvalue weighted by Crippen LogP contribution is -1.95. The fourth-order valence-corrected chi connectivity index (χ4v) is 2.73. The maximum absolute atomic E-state index is 5.39. The normalized spacial score (nSPS) is 14.5. The molecule has 92 valence electrons. The van der Waals surface area contributed by atoms with Gasteiger partial charge in [0.15, 0.2) is 11.5 Å². The van der Waals surface area contributed by atoms with Crippen molar-refractivity contribution in [3.63, 3.8) is 0 Å². The van der Waals surface area contributed by atoms with Crippen LogP contribution in [0.3, 0.4) is 0 Å². The summed E-state index contributed by atoms with van der Waals surface area (Å²) in [7, 11) is 0. The Kier molecular flexibility index (Phi) is 3.24. The quantitative estimate of drug-likeness (QED) is 0.795. The fourth-order valence-electron chi connectivity index (χ4n) is 2.05. The van der Waals surface area contributed by atoms with Gasteiger partial charge in [-0.05, 0) is 29.7 Å². The van der Waals surface area contributed by atoms with Crippen LogP contribution in [0.5, 0.6) is 11.5 Å². The second-order valence-corrected chi connectivity index (χ2v) is 5.38. The van der Waals surface area contributed by atoms with Crippen LogP contribution in [0, 0.1) is 0 Å². The molecule has 0 amide bonds. The molecule has 1 atom stereocenters. The predicted octanol–water partition coefficient (Wildman–Crippen LogP) is 4.09. The second kappa shape index (κ2) is 5.02. The number of halogens is 1. The van der Waals surface area contributed by atoms with Crippen molar-refractivity contribution in [3.05, 3.63) is 59.7 Å². The minimum Gasteiger partial charge on any atom is -0.454 e. The first kappa shape index (κ1) is 11.6. The van der Waals surface area contributed by atoms with Crippen molar-refractivity contribution in [1.82, 2.24) is 0 Å². The molecule has 1 heterocycles. The highest BCUT2D eigenvalue weighted by Crippen LogP contribution is 2.35. The van der Waals surface area contributed by atoms with E-state index in [1.54, 1.807) is 0 Å². The van der Waals surface area contributed by atoms with E-state index >= 15 is 0 Å². The van der Waals surface area contributed by atoms with Crippen LogP contribution in [0.25, 0.3) is 0 Å². The van der Waals surface area contributed by atoms with Gasteiger partial charge >= 0.3 is 0 Å². The number of benzene rings is 2. The van der Waals surface area contributed by atoms with E-state index < -0.39 is 0 Å². The Bertz CT molecular complexity index is 539. The van der Waals surface area contributed by atoms with Gasteiger partial charge in [-0.3, -0.25) is 0 Å². The number of alkyl halides is 1. The standard InChI is InChI=1S/C15H13BrO2/c16-13(12-4-2-1-3-5-12)8-11-6-7-14-15(9-11)18-10-17-14/h1-7,9,13H,8,10H2.